The van der Waals surface area contributed by atoms with Crippen molar-refractivity contribution in [3.63, 3.8) is 0 Å². The van der Waals surface area contributed by atoms with Gasteiger partial charge >= 0.3 is 0 Å². The third kappa shape index (κ3) is 2.90. The van der Waals surface area contributed by atoms with Gasteiger partial charge < -0.3 is 4.42 Å². The monoisotopic (exact) mass is 268 g/mol. The Morgan fingerprint density at radius 3 is 2.78 bits per heavy atom. The molecule has 0 aliphatic carbocycles. The van der Waals surface area contributed by atoms with E-state index in [-0.39, 0.29) is 11.9 Å². The van der Waals surface area contributed by atoms with Crippen LogP contribution in [0.4, 0.5) is 4.39 Å². The van der Waals surface area contributed by atoms with Crippen LogP contribution in [-0.2, 0) is 6.42 Å². The molecular formula is C13H14ClFN2O. The molecule has 0 saturated heterocycles. The highest BCUT2D eigenvalue weighted by atomic mass is 35.5. The van der Waals surface area contributed by atoms with Gasteiger partial charge in [-0.2, -0.15) is 0 Å². The van der Waals surface area contributed by atoms with Crippen molar-refractivity contribution < 1.29 is 8.81 Å². The highest BCUT2D eigenvalue weighted by molar-refractivity contribution is 6.30. The zero-order valence-corrected chi connectivity index (χ0v) is 10.7. The topological polar surface area (TPSA) is 51.2 Å². The van der Waals surface area contributed by atoms with E-state index >= 15 is 0 Å². The molecule has 1 heterocycles. The molecule has 0 radical (unpaired) electrons. The average Bonchev–Trinajstić information content (AvgIpc) is 2.75. The van der Waals surface area contributed by atoms with Crippen LogP contribution < -0.4 is 11.3 Å². The number of halogens is 2. The number of nitrogens with two attached hydrogens (primary N) is 1. The van der Waals surface area contributed by atoms with Crippen molar-refractivity contribution in [3.05, 3.63) is 58.3 Å². The van der Waals surface area contributed by atoms with E-state index in [4.69, 9.17) is 21.9 Å². The summed E-state index contributed by atoms with van der Waals surface area (Å²) in [7, 11) is 0. The molecule has 0 spiro atoms. The summed E-state index contributed by atoms with van der Waals surface area (Å²) in [5.74, 6) is 5.96. The maximum atomic E-state index is 13.7. The molecule has 1 aromatic heterocycles. The Hall–Kier alpha value is -1.36. The van der Waals surface area contributed by atoms with Crippen LogP contribution >= 0.6 is 11.6 Å². The van der Waals surface area contributed by atoms with Gasteiger partial charge in [-0.05, 0) is 37.1 Å². The number of hydrogen-bond donors (Lipinski definition) is 2. The summed E-state index contributed by atoms with van der Waals surface area (Å²) in [6.07, 6.45) is 2.05. The quantitative estimate of drug-likeness (QED) is 0.662. The van der Waals surface area contributed by atoms with E-state index in [0.717, 1.165) is 11.3 Å². The fraction of sp³-hybridized carbons (Fsp3) is 0.231. The fourth-order valence-electron chi connectivity index (χ4n) is 1.83. The molecule has 18 heavy (non-hydrogen) atoms. The van der Waals surface area contributed by atoms with Crippen molar-refractivity contribution in [3.8, 4) is 0 Å². The van der Waals surface area contributed by atoms with Crippen LogP contribution in [0.15, 0.2) is 34.9 Å². The van der Waals surface area contributed by atoms with Crippen LogP contribution in [-0.4, -0.2) is 0 Å². The van der Waals surface area contributed by atoms with Gasteiger partial charge in [0.15, 0.2) is 0 Å². The molecule has 1 aromatic carbocycles. The smallest absolute Gasteiger partial charge is 0.127 e. The van der Waals surface area contributed by atoms with Crippen LogP contribution in [0.5, 0.6) is 0 Å². The Morgan fingerprint density at radius 1 is 1.44 bits per heavy atom. The lowest BCUT2D eigenvalue weighted by Crippen LogP contribution is -2.29. The first kappa shape index (κ1) is 13.1. The first-order chi connectivity index (χ1) is 8.60. The number of benzene rings is 1. The molecule has 3 nitrogen and oxygen atoms in total. The minimum Gasteiger partial charge on any atom is -0.469 e. The molecule has 96 valence electrons. The van der Waals surface area contributed by atoms with Crippen LogP contribution in [0.1, 0.15) is 22.9 Å². The minimum absolute atomic E-state index is 0.196. The predicted molar refractivity (Wildman–Crippen MR) is 68.6 cm³/mol. The SMILES string of the molecule is Cc1cc(C(Cc2ccc(Cl)cc2F)NN)co1. The molecule has 3 N–H and O–H groups in total. The van der Waals surface area contributed by atoms with Crippen LogP contribution in [0, 0.1) is 12.7 Å². The summed E-state index contributed by atoms with van der Waals surface area (Å²) >= 11 is 5.71. The molecule has 1 unspecified atom stereocenters. The molecule has 0 bridgehead atoms. The van der Waals surface area contributed by atoms with Gasteiger partial charge in [-0.3, -0.25) is 11.3 Å². The Labute approximate surface area is 110 Å². The van der Waals surface area contributed by atoms with Gasteiger partial charge in [-0.25, -0.2) is 4.39 Å². The van der Waals surface area contributed by atoms with Gasteiger partial charge in [0.05, 0.1) is 12.3 Å². The van der Waals surface area contributed by atoms with Crippen molar-refractivity contribution >= 4 is 11.6 Å². The van der Waals surface area contributed by atoms with Gasteiger partial charge in [0, 0.05) is 10.6 Å². The summed E-state index contributed by atoms with van der Waals surface area (Å²) in [5, 5.41) is 0.382. The Bertz CT molecular complexity index is 542. The normalized spacial score (nSPS) is 12.7. The van der Waals surface area contributed by atoms with Crippen molar-refractivity contribution in [2.45, 2.75) is 19.4 Å². The van der Waals surface area contributed by atoms with Crippen molar-refractivity contribution in [2.24, 2.45) is 5.84 Å². The first-order valence-corrected chi connectivity index (χ1v) is 5.93. The number of rotatable bonds is 4. The first-order valence-electron chi connectivity index (χ1n) is 5.55. The largest absolute Gasteiger partial charge is 0.469 e. The summed E-state index contributed by atoms with van der Waals surface area (Å²) in [4.78, 5) is 0. The van der Waals surface area contributed by atoms with E-state index in [1.54, 1.807) is 18.4 Å². The Morgan fingerprint density at radius 2 is 2.22 bits per heavy atom. The maximum Gasteiger partial charge on any atom is 0.127 e. The second-order valence-electron chi connectivity index (χ2n) is 4.15. The van der Waals surface area contributed by atoms with E-state index < -0.39 is 0 Å². The third-order valence-electron chi connectivity index (χ3n) is 2.79. The lowest BCUT2D eigenvalue weighted by Gasteiger charge is -2.14. The zero-order valence-electron chi connectivity index (χ0n) is 9.91. The van der Waals surface area contributed by atoms with Crippen LogP contribution in [0.2, 0.25) is 5.02 Å². The van der Waals surface area contributed by atoms with Gasteiger partial charge in [0.25, 0.3) is 0 Å². The van der Waals surface area contributed by atoms with E-state index in [0.29, 0.717) is 17.0 Å². The average molecular weight is 269 g/mol. The van der Waals surface area contributed by atoms with Gasteiger partial charge in [-0.15, -0.1) is 0 Å². The van der Waals surface area contributed by atoms with Crippen molar-refractivity contribution in [1.29, 1.82) is 0 Å². The second kappa shape index (κ2) is 5.52. The molecule has 0 aliphatic heterocycles. The minimum atomic E-state index is -0.331. The molecule has 0 saturated carbocycles. The molecule has 0 aliphatic rings. The number of aryl methyl sites for hydroxylation is 1. The molecule has 0 fully saturated rings. The van der Waals surface area contributed by atoms with Crippen molar-refractivity contribution in [2.75, 3.05) is 0 Å². The summed E-state index contributed by atoms with van der Waals surface area (Å²) in [5.41, 5.74) is 4.11. The van der Waals surface area contributed by atoms with Gasteiger partial charge in [0.2, 0.25) is 0 Å². The summed E-state index contributed by atoms with van der Waals surface area (Å²) < 4.78 is 18.9. The molecular weight excluding hydrogens is 255 g/mol. The fourth-order valence-corrected chi connectivity index (χ4v) is 1.99. The second-order valence-corrected chi connectivity index (χ2v) is 4.59. The number of hydrazine groups is 1. The predicted octanol–water partition coefficient (Wildman–Crippen LogP) is 3.13. The Balaban J connectivity index is 2.20. The Kier molecular flexibility index (Phi) is 4.01. The maximum absolute atomic E-state index is 13.7. The number of nitrogens with one attached hydrogen (secondary N) is 1. The highest BCUT2D eigenvalue weighted by Gasteiger charge is 2.15. The lowest BCUT2D eigenvalue weighted by molar-refractivity contribution is 0.504. The van der Waals surface area contributed by atoms with Gasteiger partial charge in [-0.1, -0.05) is 17.7 Å². The van der Waals surface area contributed by atoms with E-state index in [2.05, 4.69) is 5.43 Å². The van der Waals surface area contributed by atoms with Crippen LogP contribution in [0.3, 0.4) is 0 Å². The zero-order chi connectivity index (χ0) is 13.1. The molecule has 0 amide bonds. The van der Waals surface area contributed by atoms with Crippen LogP contribution in [0.25, 0.3) is 0 Å². The summed E-state index contributed by atoms with van der Waals surface area (Å²) in [6.45, 7) is 1.85. The van der Waals surface area contributed by atoms with Gasteiger partial charge in [0.1, 0.15) is 11.6 Å². The third-order valence-corrected chi connectivity index (χ3v) is 3.03. The summed E-state index contributed by atoms with van der Waals surface area (Å²) in [6, 6.07) is 6.30. The lowest BCUT2D eigenvalue weighted by atomic mass is 10.0. The van der Waals surface area contributed by atoms with E-state index in [9.17, 15) is 4.39 Å². The molecule has 2 rings (SSSR count). The molecule has 5 heteroatoms. The highest BCUT2D eigenvalue weighted by Crippen LogP contribution is 2.23. The number of hydrogen-bond acceptors (Lipinski definition) is 3. The molecule has 2 aromatic rings. The standard InChI is InChI=1S/C13H14ClFN2O/c1-8-4-10(7-18-8)13(17-16)5-9-2-3-11(14)6-12(9)15/h2-4,6-7,13,17H,5,16H2,1H3. The number of furan rings is 1. The van der Waals surface area contributed by atoms with E-state index in [1.165, 1.54) is 6.07 Å². The van der Waals surface area contributed by atoms with E-state index in [1.807, 2.05) is 13.0 Å². The van der Waals surface area contributed by atoms with Crippen molar-refractivity contribution in [1.82, 2.24) is 5.43 Å². The molecule has 1 atom stereocenters.